The molecular weight excluding hydrogens is 440 g/mol. The summed E-state index contributed by atoms with van der Waals surface area (Å²) in [5.74, 6) is 0.381. The average Bonchev–Trinajstić information content (AvgIpc) is 2.83. The van der Waals surface area contributed by atoms with E-state index in [0.717, 1.165) is 68.9 Å². The smallest absolute Gasteiger partial charge is 0.504 e. The number of unbranched alkanes of at least 4 members (excludes halogenated alkanes) is 12. The van der Waals surface area contributed by atoms with Gasteiger partial charge in [-0.25, -0.2) is 4.79 Å². The standard InChI is InChI=1S/C30H52O5/c1-5-9-12-15-18-21-24-25(22-19-16-13-10-6-2)27(31)29(35-30(32)33)28(34-8-4)26(24)23-20-17-14-11-7-3/h31H,5-23H2,1-4H3,(H,32,33). The van der Waals surface area contributed by atoms with Crippen molar-refractivity contribution in [3.8, 4) is 17.2 Å². The molecule has 0 aliphatic carbocycles. The molecule has 0 radical (unpaired) electrons. The molecular formula is C30H52O5. The van der Waals surface area contributed by atoms with Gasteiger partial charge in [0.05, 0.1) is 6.61 Å². The Kier molecular flexibility index (Phi) is 17.2. The summed E-state index contributed by atoms with van der Waals surface area (Å²) in [6, 6.07) is 0. The molecule has 0 bridgehead atoms. The molecule has 1 aromatic rings. The molecule has 1 rings (SSSR count). The maximum Gasteiger partial charge on any atom is 0.511 e. The van der Waals surface area contributed by atoms with Crippen LogP contribution in [0.4, 0.5) is 4.79 Å². The van der Waals surface area contributed by atoms with Crippen molar-refractivity contribution in [2.75, 3.05) is 6.61 Å². The van der Waals surface area contributed by atoms with Crippen LogP contribution in [-0.2, 0) is 19.3 Å². The molecule has 0 unspecified atom stereocenters. The van der Waals surface area contributed by atoms with Gasteiger partial charge >= 0.3 is 6.16 Å². The van der Waals surface area contributed by atoms with Crippen LogP contribution in [0.2, 0.25) is 0 Å². The second-order valence-electron chi connectivity index (χ2n) is 9.74. The summed E-state index contributed by atoms with van der Waals surface area (Å²) in [5, 5.41) is 20.7. The molecule has 5 nitrogen and oxygen atoms in total. The molecule has 0 spiro atoms. The van der Waals surface area contributed by atoms with E-state index in [1.54, 1.807) is 0 Å². The largest absolute Gasteiger partial charge is 0.511 e. The molecule has 0 saturated heterocycles. The number of phenols is 1. The van der Waals surface area contributed by atoms with Crippen LogP contribution >= 0.6 is 0 Å². The van der Waals surface area contributed by atoms with Crippen LogP contribution < -0.4 is 9.47 Å². The number of hydrogen-bond donors (Lipinski definition) is 2. The van der Waals surface area contributed by atoms with E-state index < -0.39 is 6.16 Å². The molecule has 2 N–H and O–H groups in total. The number of aromatic hydroxyl groups is 1. The molecule has 0 aromatic heterocycles. The molecule has 0 amide bonds. The maximum atomic E-state index is 11.5. The van der Waals surface area contributed by atoms with Crippen LogP contribution in [0.5, 0.6) is 17.2 Å². The second-order valence-corrected chi connectivity index (χ2v) is 9.74. The van der Waals surface area contributed by atoms with Crippen LogP contribution in [0, 0.1) is 0 Å². The van der Waals surface area contributed by atoms with Crippen molar-refractivity contribution in [3.05, 3.63) is 16.7 Å². The highest BCUT2D eigenvalue weighted by Gasteiger charge is 2.27. The van der Waals surface area contributed by atoms with Crippen molar-refractivity contribution in [1.82, 2.24) is 0 Å². The lowest BCUT2D eigenvalue weighted by atomic mass is 9.88. The summed E-state index contributed by atoms with van der Waals surface area (Å²) in [6.45, 7) is 8.92. The Balaban J connectivity index is 3.39. The summed E-state index contributed by atoms with van der Waals surface area (Å²) >= 11 is 0. The number of rotatable bonds is 21. The SMILES string of the molecule is CCCCCCCc1c(O)c(OC(=O)O)c(OCC)c(CCCCCCC)c1CCCCCCC. The molecule has 0 heterocycles. The first kappa shape index (κ1) is 31.1. The molecule has 0 fully saturated rings. The number of ether oxygens (including phenoxy) is 2. The van der Waals surface area contributed by atoms with Crippen molar-refractivity contribution >= 4 is 6.16 Å². The Morgan fingerprint density at radius 1 is 0.600 bits per heavy atom. The minimum Gasteiger partial charge on any atom is -0.504 e. The second kappa shape index (κ2) is 19.3. The first-order valence-corrected chi connectivity index (χ1v) is 14.4. The van der Waals surface area contributed by atoms with E-state index in [1.807, 2.05) is 6.92 Å². The third kappa shape index (κ3) is 11.6. The fourth-order valence-corrected chi connectivity index (χ4v) is 4.87. The van der Waals surface area contributed by atoms with Gasteiger partial charge in [0.15, 0.2) is 11.5 Å². The lowest BCUT2D eigenvalue weighted by molar-refractivity contribution is 0.140. The number of carboxylic acid groups (broad SMARTS) is 1. The van der Waals surface area contributed by atoms with Crippen molar-refractivity contribution in [3.63, 3.8) is 0 Å². The van der Waals surface area contributed by atoms with E-state index in [-0.39, 0.29) is 11.5 Å². The highest BCUT2D eigenvalue weighted by Crippen LogP contribution is 2.47. The highest BCUT2D eigenvalue weighted by atomic mass is 16.7. The normalized spacial score (nSPS) is 11.1. The third-order valence-electron chi connectivity index (χ3n) is 6.78. The highest BCUT2D eigenvalue weighted by molar-refractivity contribution is 5.70. The van der Waals surface area contributed by atoms with Gasteiger partial charge in [0.1, 0.15) is 0 Å². The molecule has 0 aliphatic rings. The van der Waals surface area contributed by atoms with Gasteiger partial charge in [0.2, 0.25) is 5.75 Å². The Morgan fingerprint density at radius 2 is 1.03 bits per heavy atom. The molecule has 5 heteroatoms. The molecule has 0 aliphatic heterocycles. The summed E-state index contributed by atoms with van der Waals surface area (Å²) in [6.07, 6.45) is 18.4. The van der Waals surface area contributed by atoms with Gasteiger partial charge in [-0.15, -0.1) is 0 Å². The maximum absolute atomic E-state index is 11.5. The lowest BCUT2D eigenvalue weighted by Crippen LogP contribution is -2.12. The zero-order valence-electron chi connectivity index (χ0n) is 23.1. The van der Waals surface area contributed by atoms with Crippen molar-refractivity contribution in [2.24, 2.45) is 0 Å². The van der Waals surface area contributed by atoms with Gasteiger partial charge in [0, 0.05) is 11.1 Å². The van der Waals surface area contributed by atoms with Gasteiger partial charge in [0.25, 0.3) is 0 Å². The Hall–Kier alpha value is -1.91. The van der Waals surface area contributed by atoms with Crippen molar-refractivity contribution in [2.45, 2.75) is 143 Å². The molecule has 0 saturated carbocycles. The minimum atomic E-state index is -1.42. The number of hydrogen-bond acceptors (Lipinski definition) is 4. The molecule has 202 valence electrons. The molecule has 1 aromatic carbocycles. The fraction of sp³-hybridized carbons (Fsp3) is 0.767. The van der Waals surface area contributed by atoms with E-state index in [1.165, 1.54) is 63.4 Å². The predicted octanol–water partition coefficient (Wildman–Crippen LogP) is 9.39. The zero-order valence-corrected chi connectivity index (χ0v) is 23.1. The van der Waals surface area contributed by atoms with Gasteiger partial charge in [-0.1, -0.05) is 97.8 Å². The molecule has 0 atom stereocenters. The lowest BCUT2D eigenvalue weighted by Gasteiger charge is -2.23. The van der Waals surface area contributed by atoms with Crippen LogP contribution in [-0.4, -0.2) is 23.0 Å². The fourth-order valence-electron chi connectivity index (χ4n) is 4.87. The van der Waals surface area contributed by atoms with Crippen LogP contribution in [0.25, 0.3) is 0 Å². The molecule has 35 heavy (non-hydrogen) atoms. The summed E-state index contributed by atoms with van der Waals surface area (Å²) in [7, 11) is 0. The van der Waals surface area contributed by atoms with Crippen LogP contribution in [0.15, 0.2) is 0 Å². The van der Waals surface area contributed by atoms with E-state index in [0.29, 0.717) is 12.4 Å². The van der Waals surface area contributed by atoms with E-state index in [9.17, 15) is 15.0 Å². The summed E-state index contributed by atoms with van der Waals surface area (Å²) < 4.78 is 11.1. The van der Waals surface area contributed by atoms with Crippen LogP contribution in [0.1, 0.15) is 141 Å². The van der Waals surface area contributed by atoms with E-state index in [4.69, 9.17) is 9.47 Å². The first-order chi connectivity index (χ1) is 17.0. The van der Waals surface area contributed by atoms with Gasteiger partial charge in [-0.05, 0) is 51.0 Å². The van der Waals surface area contributed by atoms with Gasteiger partial charge in [-0.2, -0.15) is 0 Å². The zero-order chi connectivity index (χ0) is 25.9. The summed E-state index contributed by atoms with van der Waals surface area (Å²) in [5.41, 5.74) is 3.10. The predicted molar refractivity (Wildman–Crippen MR) is 145 cm³/mol. The third-order valence-corrected chi connectivity index (χ3v) is 6.78. The number of phenolic OH excluding ortho intramolecular Hbond substituents is 1. The first-order valence-electron chi connectivity index (χ1n) is 14.4. The van der Waals surface area contributed by atoms with Gasteiger partial charge in [-0.3, -0.25) is 0 Å². The number of benzene rings is 1. The quantitative estimate of drug-likeness (QED) is 0.101. The van der Waals surface area contributed by atoms with Crippen molar-refractivity contribution in [1.29, 1.82) is 0 Å². The minimum absolute atomic E-state index is 0.0128. The van der Waals surface area contributed by atoms with Gasteiger partial charge < -0.3 is 19.7 Å². The topological polar surface area (TPSA) is 76.0 Å². The number of carbonyl (C=O) groups is 1. The summed E-state index contributed by atoms with van der Waals surface area (Å²) in [4.78, 5) is 11.5. The van der Waals surface area contributed by atoms with Crippen LogP contribution in [0.3, 0.4) is 0 Å². The Labute approximate surface area is 214 Å². The van der Waals surface area contributed by atoms with E-state index in [2.05, 4.69) is 20.8 Å². The Bertz CT molecular complexity index is 713. The Morgan fingerprint density at radius 3 is 1.46 bits per heavy atom. The van der Waals surface area contributed by atoms with Crippen molar-refractivity contribution < 1.29 is 24.5 Å². The average molecular weight is 493 g/mol. The monoisotopic (exact) mass is 492 g/mol. The van der Waals surface area contributed by atoms with E-state index >= 15 is 0 Å².